The molecule has 0 nitrogen and oxygen atoms in total. The first-order chi connectivity index (χ1) is 0. The zero-order valence-electron chi connectivity index (χ0n) is 4.35. The van der Waals surface area contributed by atoms with Crippen LogP contribution < -0.4 is 80.9 Å². The Morgan fingerprint density at radius 2 is 1.25 bits per heavy atom. The van der Waals surface area contributed by atoms with Crippen molar-refractivity contribution in [3.63, 3.8) is 0 Å². The fraction of sp³-hybridized carbons (Fsp3) is 1.00. The minimum Gasteiger partial charge on any atom is -1.00 e. The van der Waals surface area contributed by atoms with E-state index >= 15 is 0 Å². The predicted octanol–water partition coefficient (Wildman–Crippen LogP) is -5.13. The molecule has 0 aromatic carbocycles. The van der Waals surface area contributed by atoms with Crippen LogP contribution in [-0.4, -0.2) is 0 Å². The molecule has 20 valence electrons. The van der Waals surface area contributed by atoms with Gasteiger partial charge in [0, 0.05) is 17.1 Å². The molecule has 0 unspecified atom stereocenters. The molecule has 0 aromatic rings. The van der Waals surface area contributed by atoms with Gasteiger partial charge in [0.25, 0.3) is 0 Å². The second-order valence-electron chi connectivity index (χ2n) is 0. The van der Waals surface area contributed by atoms with Crippen LogP contribution in [0.5, 0.6) is 0 Å². The minimum absolute atomic E-state index is 0. The van der Waals surface area contributed by atoms with Gasteiger partial charge in [-0.2, -0.15) is 0 Å². The fourth-order valence-corrected chi connectivity index (χ4v) is 0. The molecule has 0 heterocycles. The van der Waals surface area contributed by atoms with Crippen LogP contribution in [0.1, 0.15) is 10.3 Å². The van der Waals surface area contributed by atoms with Crippen LogP contribution in [0.4, 0.5) is 0 Å². The number of hydrogen-bond donors (Lipinski definition) is 0. The van der Waals surface area contributed by atoms with Gasteiger partial charge in [-0.1, -0.05) is 7.43 Å². The van der Waals surface area contributed by atoms with Gasteiger partial charge >= 0.3 is 80.9 Å². The SMILES string of the molecule is C.[Fe].[H-].[H-].[K+].[Na+]. The summed E-state index contributed by atoms with van der Waals surface area (Å²) in [6, 6.07) is 0. The molecule has 0 bridgehead atoms. The average Bonchev–Trinajstić information content (AvgIpc) is 0. The Kier molecular flexibility index (Phi) is 112. The summed E-state index contributed by atoms with van der Waals surface area (Å²) in [7, 11) is 0. The van der Waals surface area contributed by atoms with Crippen molar-refractivity contribution in [1.29, 1.82) is 0 Å². The number of hydrogen-bond acceptors (Lipinski definition) is 0. The molecule has 0 radical (unpaired) electrons. The first-order valence-corrected chi connectivity index (χ1v) is 0. The molecule has 0 aliphatic heterocycles. The standard InChI is InChI=1S/CH4.Fe.K.Na.2H/h1H4;;;;;/q;;2*+1;2*-1. The van der Waals surface area contributed by atoms with Crippen LogP contribution in [-0.2, 0) is 17.1 Å². The maximum atomic E-state index is 0. The Bertz CT molecular complexity index is 13.5. The summed E-state index contributed by atoms with van der Waals surface area (Å²) in [6.07, 6.45) is 0. The van der Waals surface area contributed by atoms with Crippen molar-refractivity contribution in [2.45, 2.75) is 7.43 Å². The number of rotatable bonds is 0. The van der Waals surface area contributed by atoms with Gasteiger partial charge in [0.2, 0.25) is 0 Å². The molecular weight excluding hydrogens is 130 g/mol. The summed E-state index contributed by atoms with van der Waals surface area (Å²) in [5, 5.41) is 0. The zero-order valence-corrected chi connectivity index (χ0v) is 8.58. The molecule has 0 N–H and O–H groups in total. The van der Waals surface area contributed by atoms with E-state index in [1.54, 1.807) is 0 Å². The summed E-state index contributed by atoms with van der Waals surface area (Å²) < 4.78 is 0. The third-order valence-corrected chi connectivity index (χ3v) is 0. The summed E-state index contributed by atoms with van der Waals surface area (Å²) >= 11 is 0. The maximum absolute atomic E-state index is 0. The van der Waals surface area contributed by atoms with Crippen molar-refractivity contribution in [2.24, 2.45) is 0 Å². The summed E-state index contributed by atoms with van der Waals surface area (Å²) in [5.41, 5.74) is 0. The largest absolute Gasteiger partial charge is 1.00 e. The fourth-order valence-electron chi connectivity index (χ4n) is 0. The van der Waals surface area contributed by atoms with E-state index < -0.39 is 0 Å². The monoisotopic (exact) mass is 136 g/mol. The van der Waals surface area contributed by atoms with Gasteiger partial charge in [-0.3, -0.25) is 0 Å². The van der Waals surface area contributed by atoms with E-state index in [0.717, 1.165) is 0 Å². The van der Waals surface area contributed by atoms with Crippen LogP contribution in [0.15, 0.2) is 0 Å². The van der Waals surface area contributed by atoms with Gasteiger partial charge in [-0.15, -0.1) is 0 Å². The van der Waals surface area contributed by atoms with Gasteiger partial charge < -0.3 is 2.85 Å². The molecule has 0 aliphatic carbocycles. The Labute approximate surface area is 106 Å². The third kappa shape index (κ3) is 8.94. The van der Waals surface area contributed by atoms with Crippen molar-refractivity contribution in [1.82, 2.24) is 0 Å². The van der Waals surface area contributed by atoms with Crippen molar-refractivity contribution in [3.8, 4) is 0 Å². The first kappa shape index (κ1) is 27.2. The quantitative estimate of drug-likeness (QED) is 0.292. The molecule has 4 heavy (non-hydrogen) atoms. The van der Waals surface area contributed by atoms with Gasteiger partial charge in [0.15, 0.2) is 0 Å². The van der Waals surface area contributed by atoms with Gasteiger partial charge in [0.05, 0.1) is 0 Å². The average molecular weight is 136 g/mol. The summed E-state index contributed by atoms with van der Waals surface area (Å²) in [5.74, 6) is 0. The van der Waals surface area contributed by atoms with Crippen LogP contribution in [0, 0.1) is 0 Å². The van der Waals surface area contributed by atoms with Gasteiger partial charge in [0.1, 0.15) is 0 Å². The van der Waals surface area contributed by atoms with Crippen molar-refractivity contribution in [3.05, 3.63) is 0 Å². The second-order valence-corrected chi connectivity index (χ2v) is 0. The molecule has 0 aliphatic rings. The first-order valence-electron chi connectivity index (χ1n) is 0. The van der Waals surface area contributed by atoms with Crippen molar-refractivity contribution >= 4 is 0 Å². The maximum Gasteiger partial charge on any atom is 1.00 e. The Balaban J connectivity index is 0. The van der Waals surface area contributed by atoms with Crippen molar-refractivity contribution in [2.75, 3.05) is 0 Å². The van der Waals surface area contributed by atoms with E-state index in [1.165, 1.54) is 0 Å². The third-order valence-electron chi connectivity index (χ3n) is 0. The normalized spacial score (nSPS) is 0. The summed E-state index contributed by atoms with van der Waals surface area (Å²) in [4.78, 5) is 0. The molecule has 0 saturated carbocycles. The van der Waals surface area contributed by atoms with Crippen LogP contribution >= 0.6 is 0 Å². The van der Waals surface area contributed by atoms with E-state index in [-0.39, 0.29) is 108 Å². The van der Waals surface area contributed by atoms with E-state index in [2.05, 4.69) is 0 Å². The van der Waals surface area contributed by atoms with Crippen molar-refractivity contribution < 1.29 is 101 Å². The smallest absolute Gasteiger partial charge is 1.00 e. The Morgan fingerprint density at radius 1 is 1.25 bits per heavy atom. The molecule has 3 heteroatoms. The van der Waals surface area contributed by atoms with Crippen LogP contribution in [0.2, 0.25) is 0 Å². The molecule has 0 amide bonds. The summed E-state index contributed by atoms with van der Waals surface area (Å²) in [6.45, 7) is 0. The van der Waals surface area contributed by atoms with Gasteiger partial charge in [-0.05, 0) is 0 Å². The molecule has 0 fully saturated rings. The molecule has 0 atom stereocenters. The zero-order chi connectivity index (χ0) is 0. The predicted molar refractivity (Wildman–Crippen MR) is 8.96 cm³/mol. The topological polar surface area (TPSA) is 0 Å². The van der Waals surface area contributed by atoms with Crippen LogP contribution in [0.25, 0.3) is 0 Å². The van der Waals surface area contributed by atoms with Gasteiger partial charge in [-0.25, -0.2) is 0 Å². The molecule has 0 aromatic heterocycles. The Morgan fingerprint density at radius 3 is 1.25 bits per heavy atom. The minimum atomic E-state index is 0. The van der Waals surface area contributed by atoms with E-state index in [4.69, 9.17) is 0 Å². The van der Waals surface area contributed by atoms with E-state index in [0.29, 0.717) is 0 Å². The van der Waals surface area contributed by atoms with E-state index in [9.17, 15) is 0 Å². The van der Waals surface area contributed by atoms with E-state index in [1.807, 2.05) is 0 Å². The molecule has 0 saturated heterocycles. The Hall–Kier alpha value is 3.16. The molecule has 0 rings (SSSR count). The van der Waals surface area contributed by atoms with Crippen LogP contribution in [0.3, 0.4) is 0 Å². The molecule has 0 spiro atoms. The second kappa shape index (κ2) is 16.4. The molecular formula is CH6FeKNa.